The molecular formula is C13H20O4. The molecule has 0 aromatic carbocycles. The Labute approximate surface area is 101 Å². The quantitative estimate of drug-likeness (QED) is 0.747. The molecule has 0 aliphatic carbocycles. The molecule has 0 bridgehead atoms. The molecular weight excluding hydrogens is 220 g/mol. The second-order valence-corrected chi connectivity index (χ2v) is 4.36. The Kier molecular flexibility index (Phi) is 5.22. The van der Waals surface area contributed by atoms with Crippen molar-refractivity contribution in [3.8, 4) is 5.75 Å². The predicted octanol–water partition coefficient (Wildman–Crippen LogP) is 2.14. The average molecular weight is 240 g/mol. The number of hydrogen-bond donors (Lipinski definition) is 2. The van der Waals surface area contributed by atoms with Crippen molar-refractivity contribution in [3.63, 3.8) is 0 Å². The van der Waals surface area contributed by atoms with Crippen molar-refractivity contribution in [2.24, 2.45) is 0 Å². The molecule has 96 valence electrons. The minimum absolute atomic E-state index is 0.0722. The van der Waals surface area contributed by atoms with Crippen LogP contribution in [0, 0.1) is 6.92 Å². The fourth-order valence-corrected chi connectivity index (χ4v) is 1.66. The molecule has 1 rings (SSSR count). The van der Waals surface area contributed by atoms with E-state index >= 15 is 0 Å². The highest BCUT2D eigenvalue weighted by atomic mass is 16.4. The highest BCUT2D eigenvalue weighted by Gasteiger charge is 2.11. The van der Waals surface area contributed by atoms with Gasteiger partial charge in [-0.2, -0.15) is 0 Å². The molecule has 1 atom stereocenters. The summed E-state index contributed by atoms with van der Waals surface area (Å²) in [5, 5.41) is 19.2. The van der Waals surface area contributed by atoms with Gasteiger partial charge in [0.25, 0.3) is 0 Å². The molecule has 0 aliphatic heterocycles. The van der Waals surface area contributed by atoms with Gasteiger partial charge in [-0.1, -0.05) is 26.2 Å². The summed E-state index contributed by atoms with van der Waals surface area (Å²) >= 11 is 0. The molecule has 4 heteroatoms. The van der Waals surface area contributed by atoms with Gasteiger partial charge in [0.1, 0.15) is 11.5 Å². The van der Waals surface area contributed by atoms with E-state index in [2.05, 4.69) is 6.92 Å². The maximum atomic E-state index is 11.3. The lowest BCUT2D eigenvalue weighted by Gasteiger charge is -2.09. The molecule has 2 N–H and O–H groups in total. The Balaban J connectivity index is 2.59. The monoisotopic (exact) mass is 240 g/mol. The summed E-state index contributed by atoms with van der Waals surface area (Å²) in [6.07, 6.45) is 3.58. The van der Waals surface area contributed by atoms with Gasteiger partial charge in [0.15, 0.2) is 0 Å². The maximum absolute atomic E-state index is 11.3. The Hall–Kier alpha value is -1.29. The molecule has 0 saturated heterocycles. The molecule has 4 nitrogen and oxygen atoms in total. The van der Waals surface area contributed by atoms with Crippen LogP contribution in [-0.2, 0) is 6.42 Å². The normalized spacial score (nSPS) is 12.6. The summed E-state index contributed by atoms with van der Waals surface area (Å²) < 4.78 is 4.99. The van der Waals surface area contributed by atoms with Crippen LogP contribution in [0.25, 0.3) is 0 Å². The van der Waals surface area contributed by atoms with Crippen LogP contribution in [0.4, 0.5) is 0 Å². The number of rotatable bonds is 6. The van der Waals surface area contributed by atoms with Crippen molar-refractivity contribution in [2.75, 3.05) is 0 Å². The van der Waals surface area contributed by atoms with E-state index in [0.29, 0.717) is 12.2 Å². The van der Waals surface area contributed by atoms with Crippen LogP contribution in [0.1, 0.15) is 43.9 Å². The Morgan fingerprint density at radius 3 is 2.71 bits per heavy atom. The lowest BCUT2D eigenvalue weighted by atomic mass is 10.1. The molecule has 0 fully saturated rings. The third-order valence-corrected chi connectivity index (χ3v) is 2.79. The van der Waals surface area contributed by atoms with Gasteiger partial charge in [0.05, 0.1) is 11.7 Å². The standard InChI is InChI=1S/C13H20O4/c1-3-4-5-6-10(14)7-11-8-12(15)9(2)13(16)17-11/h8,10,14-15H,3-7H2,1-2H3. The number of aliphatic hydroxyl groups is 1. The molecule has 0 spiro atoms. The van der Waals surface area contributed by atoms with Crippen molar-refractivity contribution in [1.82, 2.24) is 0 Å². The Bertz CT molecular complexity index is 408. The van der Waals surface area contributed by atoms with E-state index in [-0.39, 0.29) is 17.7 Å². The van der Waals surface area contributed by atoms with E-state index in [1.54, 1.807) is 0 Å². The molecule has 1 unspecified atom stereocenters. The van der Waals surface area contributed by atoms with Gasteiger partial charge >= 0.3 is 5.63 Å². The van der Waals surface area contributed by atoms with E-state index in [1.807, 2.05) is 0 Å². The zero-order valence-corrected chi connectivity index (χ0v) is 10.4. The highest BCUT2D eigenvalue weighted by Crippen LogP contribution is 2.16. The molecule has 17 heavy (non-hydrogen) atoms. The minimum atomic E-state index is -0.541. The molecule has 1 heterocycles. The smallest absolute Gasteiger partial charge is 0.342 e. The number of unbranched alkanes of at least 4 members (excludes halogenated alkanes) is 2. The van der Waals surface area contributed by atoms with Crippen molar-refractivity contribution in [1.29, 1.82) is 0 Å². The van der Waals surface area contributed by atoms with Crippen molar-refractivity contribution in [2.45, 2.75) is 52.1 Å². The topological polar surface area (TPSA) is 70.7 Å². The van der Waals surface area contributed by atoms with Crippen LogP contribution in [0.2, 0.25) is 0 Å². The summed E-state index contributed by atoms with van der Waals surface area (Å²) in [5.74, 6) is 0.263. The Morgan fingerprint density at radius 1 is 1.41 bits per heavy atom. The zero-order valence-electron chi connectivity index (χ0n) is 10.4. The van der Waals surface area contributed by atoms with E-state index in [4.69, 9.17) is 4.42 Å². The van der Waals surface area contributed by atoms with Crippen molar-refractivity contribution in [3.05, 3.63) is 27.8 Å². The summed E-state index contributed by atoms with van der Waals surface area (Å²) in [5.41, 5.74) is -0.338. The van der Waals surface area contributed by atoms with Crippen LogP contribution in [-0.4, -0.2) is 16.3 Å². The van der Waals surface area contributed by atoms with Crippen molar-refractivity contribution >= 4 is 0 Å². The lowest BCUT2D eigenvalue weighted by molar-refractivity contribution is 0.152. The first-order valence-electron chi connectivity index (χ1n) is 6.05. The molecule has 0 aliphatic rings. The van der Waals surface area contributed by atoms with Gasteiger partial charge in [0.2, 0.25) is 0 Å². The third kappa shape index (κ3) is 4.23. The molecule has 0 amide bonds. The van der Waals surface area contributed by atoms with E-state index < -0.39 is 11.7 Å². The number of aliphatic hydroxyl groups excluding tert-OH is 1. The van der Waals surface area contributed by atoms with Crippen LogP contribution < -0.4 is 5.63 Å². The molecule has 1 aromatic heterocycles. The lowest BCUT2D eigenvalue weighted by Crippen LogP contribution is -2.13. The van der Waals surface area contributed by atoms with Gasteiger partial charge in [-0.05, 0) is 13.3 Å². The first-order chi connectivity index (χ1) is 8.04. The first kappa shape index (κ1) is 13.8. The average Bonchev–Trinajstić information content (AvgIpc) is 2.26. The largest absolute Gasteiger partial charge is 0.507 e. The Morgan fingerprint density at radius 2 is 2.12 bits per heavy atom. The fourth-order valence-electron chi connectivity index (χ4n) is 1.66. The second kappa shape index (κ2) is 6.45. The molecule has 1 aromatic rings. The second-order valence-electron chi connectivity index (χ2n) is 4.36. The minimum Gasteiger partial charge on any atom is -0.507 e. The van der Waals surface area contributed by atoms with Crippen LogP contribution in [0.5, 0.6) is 5.75 Å². The van der Waals surface area contributed by atoms with E-state index in [9.17, 15) is 15.0 Å². The number of hydrogen-bond acceptors (Lipinski definition) is 4. The molecule has 0 saturated carbocycles. The van der Waals surface area contributed by atoms with Gasteiger partial charge in [-0.15, -0.1) is 0 Å². The first-order valence-corrected chi connectivity index (χ1v) is 6.05. The van der Waals surface area contributed by atoms with E-state index in [0.717, 1.165) is 19.3 Å². The van der Waals surface area contributed by atoms with Crippen molar-refractivity contribution < 1.29 is 14.6 Å². The van der Waals surface area contributed by atoms with Gasteiger partial charge < -0.3 is 14.6 Å². The van der Waals surface area contributed by atoms with Crippen LogP contribution >= 0.6 is 0 Å². The van der Waals surface area contributed by atoms with Gasteiger partial charge in [-0.25, -0.2) is 4.79 Å². The summed E-state index contributed by atoms with van der Waals surface area (Å²) in [6.45, 7) is 3.60. The third-order valence-electron chi connectivity index (χ3n) is 2.79. The molecule has 0 radical (unpaired) electrons. The fraction of sp³-hybridized carbons (Fsp3) is 0.615. The van der Waals surface area contributed by atoms with Gasteiger partial charge in [-0.3, -0.25) is 0 Å². The highest BCUT2D eigenvalue weighted by molar-refractivity contribution is 5.28. The zero-order chi connectivity index (χ0) is 12.8. The summed E-state index contributed by atoms with van der Waals surface area (Å²) in [7, 11) is 0. The summed E-state index contributed by atoms with van der Waals surface area (Å²) in [4.78, 5) is 11.3. The van der Waals surface area contributed by atoms with Crippen LogP contribution in [0.3, 0.4) is 0 Å². The summed E-state index contributed by atoms with van der Waals surface area (Å²) in [6, 6.07) is 1.40. The predicted molar refractivity (Wildman–Crippen MR) is 65.2 cm³/mol. The SMILES string of the molecule is CCCCCC(O)Cc1cc(O)c(C)c(=O)o1. The maximum Gasteiger partial charge on any atom is 0.342 e. The number of aromatic hydroxyl groups is 1. The van der Waals surface area contributed by atoms with Crippen LogP contribution in [0.15, 0.2) is 15.3 Å². The van der Waals surface area contributed by atoms with E-state index in [1.165, 1.54) is 13.0 Å². The van der Waals surface area contributed by atoms with Gasteiger partial charge in [0, 0.05) is 12.5 Å².